The second kappa shape index (κ2) is 9.71. The maximum atomic E-state index is 13.7. The molecule has 0 aromatic heterocycles. The van der Waals surface area contributed by atoms with Crippen LogP contribution in [0.3, 0.4) is 0 Å². The molecular weight excluding hydrogens is 424 g/mol. The van der Waals surface area contributed by atoms with Crippen molar-refractivity contribution >= 4 is 18.0 Å². The molecule has 0 aliphatic carbocycles. The van der Waals surface area contributed by atoms with Gasteiger partial charge in [0.2, 0.25) is 0 Å². The number of nitrogens with zero attached hydrogens (tertiary/aromatic N) is 2. The average molecular weight is 461 g/mol. The van der Waals surface area contributed by atoms with Gasteiger partial charge in [0.1, 0.15) is 30.0 Å². The molecule has 2 aliphatic heterocycles. The van der Waals surface area contributed by atoms with E-state index >= 15 is 0 Å². The highest BCUT2D eigenvalue weighted by atomic mass is 16.6. The monoisotopic (exact) mass is 460 g/mol. The van der Waals surface area contributed by atoms with Crippen molar-refractivity contribution in [2.24, 2.45) is 5.92 Å². The van der Waals surface area contributed by atoms with E-state index in [1.807, 2.05) is 44.2 Å². The Hall–Kier alpha value is -2.61. The lowest BCUT2D eigenvalue weighted by Gasteiger charge is -2.35. The molecule has 1 aromatic rings. The Balaban J connectivity index is 1.82. The predicted molar refractivity (Wildman–Crippen MR) is 122 cm³/mol. The number of likely N-dealkylation sites (tertiary alicyclic amines) is 2. The van der Waals surface area contributed by atoms with Crippen LogP contribution in [0.2, 0.25) is 0 Å². The lowest BCUT2D eigenvalue weighted by atomic mass is 9.94. The number of amides is 2. The smallest absolute Gasteiger partial charge is 0.411 e. The molecule has 2 fully saturated rings. The van der Waals surface area contributed by atoms with Crippen molar-refractivity contribution in [3.05, 3.63) is 35.9 Å². The molecule has 1 unspecified atom stereocenters. The minimum Gasteiger partial charge on any atom is -0.459 e. The molecule has 1 N–H and O–H groups in total. The van der Waals surface area contributed by atoms with Crippen molar-refractivity contribution in [1.29, 1.82) is 0 Å². The molecule has 3 rings (SSSR count). The molecule has 2 aliphatic rings. The Morgan fingerprint density at radius 1 is 1.21 bits per heavy atom. The Morgan fingerprint density at radius 3 is 2.48 bits per heavy atom. The fourth-order valence-corrected chi connectivity index (χ4v) is 4.70. The molecule has 1 aromatic carbocycles. The van der Waals surface area contributed by atoms with Crippen molar-refractivity contribution in [2.75, 3.05) is 6.54 Å². The summed E-state index contributed by atoms with van der Waals surface area (Å²) in [6.45, 7) is 9.66. The van der Waals surface area contributed by atoms with Gasteiger partial charge in [0.15, 0.2) is 0 Å². The van der Waals surface area contributed by atoms with Gasteiger partial charge in [-0.25, -0.2) is 9.59 Å². The first-order valence-corrected chi connectivity index (χ1v) is 11.7. The van der Waals surface area contributed by atoms with E-state index in [0.29, 0.717) is 25.8 Å². The summed E-state index contributed by atoms with van der Waals surface area (Å²) in [7, 11) is 0. The van der Waals surface area contributed by atoms with E-state index in [0.717, 1.165) is 5.56 Å². The minimum absolute atomic E-state index is 0.0473. The second-order valence-electron chi connectivity index (χ2n) is 10.4. The van der Waals surface area contributed by atoms with E-state index < -0.39 is 41.4 Å². The van der Waals surface area contributed by atoms with Crippen LogP contribution in [-0.2, 0) is 25.7 Å². The third-order valence-electron chi connectivity index (χ3n) is 6.10. The van der Waals surface area contributed by atoms with Gasteiger partial charge in [-0.3, -0.25) is 9.69 Å². The fraction of sp³-hybridized carbons (Fsp3) is 0.640. The maximum absolute atomic E-state index is 13.7. The predicted octanol–water partition coefficient (Wildman–Crippen LogP) is 3.46. The first kappa shape index (κ1) is 25.0. The number of aliphatic hydroxyl groups is 1. The molecular formula is C25H36N2O6. The van der Waals surface area contributed by atoms with Gasteiger partial charge in [-0.1, -0.05) is 44.2 Å². The second-order valence-corrected chi connectivity index (χ2v) is 10.4. The molecule has 2 saturated heterocycles. The van der Waals surface area contributed by atoms with E-state index in [-0.39, 0.29) is 18.9 Å². The normalized spacial score (nSPS) is 24.0. The SMILES string of the molecule is CC(C)C[C@H](C(=O)OCc1ccccc1)N1C(=O)[C@@]2(CCCN2C(=O)OC(C)(C)C)CC1O. The van der Waals surface area contributed by atoms with Crippen molar-refractivity contribution in [1.82, 2.24) is 9.80 Å². The number of carbonyl (C=O) groups excluding carboxylic acids is 3. The largest absolute Gasteiger partial charge is 0.459 e. The van der Waals surface area contributed by atoms with Crippen LogP contribution in [0.4, 0.5) is 4.79 Å². The van der Waals surface area contributed by atoms with Crippen molar-refractivity contribution in [3.63, 3.8) is 0 Å². The van der Waals surface area contributed by atoms with Gasteiger partial charge in [0, 0.05) is 13.0 Å². The number of carbonyl (C=O) groups is 3. The first-order valence-electron chi connectivity index (χ1n) is 11.7. The van der Waals surface area contributed by atoms with Crippen molar-refractivity contribution in [2.45, 2.75) is 90.3 Å². The van der Waals surface area contributed by atoms with Crippen LogP contribution in [0, 0.1) is 5.92 Å². The summed E-state index contributed by atoms with van der Waals surface area (Å²) in [5.74, 6) is -0.888. The van der Waals surface area contributed by atoms with Crippen LogP contribution in [0.15, 0.2) is 30.3 Å². The highest BCUT2D eigenvalue weighted by Crippen LogP contribution is 2.43. The third-order valence-corrected chi connectivity index (χ3v) is 6.10. The number of benzene rings is 1. The summed E-state index contributed by atoms with van der Waals surface area (Å²) in [5.41, 5.74) is -1.07. The fourth-order valence-electron chi connectivity index (χ4n) is 4.70. The minimum atomic E-state index is -1.20. The lowest BCUT2D eigenvalue weighted by molar-refractivity contribution is -0.162. The third kappa shape index (κ3) is 5.49. The summed E-state index contributed by atoms with van der Waals surface area (Å²) in [5, 5.41) is 11.0. The summed E-state index contributed by atoms with van der Waals surface area (Å²) < 4.78 is 11.1. The Bertz CT molecular complexity index is 865. The van der Waals surface area contributed by atoms with Crippen molar-refractivity contribution < 1.29 is 29.0 Å². The first-order chi connectivity index (χ1) is 15.4. The van der Waals surface area contributed by atoms with Crippen LogP contribution in [0.25, 0.3) is 0 Å². The van der Waals surface area contributed by atoms with Crippen LogP contribution in [0.1, 0.15) is 65.9 Å². The zero-order valence-corrected chi connectivity index (χ0v) is 20.2. The van der Waals surface area contributed by atoms with Crippen LogP contribution >= 0.6 is 0 Å². The number of hydrogen-bond donors (Lipinski definition) is 1. The summed E-state index contributed by atoms with van der Waals surface area (Å²) in [6, 6.07) is 8.37. The van der Waals surface area contributed by atoms with E-state index in [1.165, 1.54) is 9.80 Å². The molecule has 3 atom stereocenters. The van der Waals surface area contributed by atoms with Gasteiger partial charge >= 0.3 is 12.1 Å². The van der Waals surface area contributed by atoms with E-state index in [2.05, 4.69) is 0 Å². The highest BCUT2D eigenvalue weighted by molar-refractivity contribution is 5.95. The average Bonchev–Trinajstić information content (AvgIpc) is 3.25. The van der Waals surface area contributed by atoms with Crippen molar-refractivity contribution in [3.8, 4) is 0 Å². The molecule has 182 valence electrons. The topological polar surface area (TPSA) is 96.4 Å². The van der Waals surface area contributed by atoms with Gasteiger partial charge in [0.25, 0.3) is 5.91 Å². The Labute approximate surface area is 195 Å². The Kier molecular flexibility index (Phi) is 7.36. The molecule has 8 heteroatoms. The number of aliphatic hydroxyl groups excluding tert-OH is 1. The van der Waals surface area contributed by atoms with Gasteiger partial charge in [-0.15, -0.1) is 0 Å². The number of hydrogen-bond acceptors (Lipinski definition) is 6. The van der Waals surface area contributed by atoms with Gasteiger partial charge in [-0.2, -0.15) is 0 Å². The van der Waals surface area contributed by atoms with E-state index in [1.54, 1.807) is 20.8 Å². The maximum Gasteiger partial charge on any atom is 0.411 e. The van der Waals surface area contributed by atoms with Crippen LogP contribution in [0.5, 0.6) is 0 Å². The lowest BCUT2D eigenvalue weighted by Crippen LogP contribution is -2.56. The molecule has 0 saturated carbocycles. The zero-order chi connectivity index (χ0) is 24.4. The van der Waals surface area contributed by atoms with Gasteiger partial charge < -0.3 is 19.5 Å². The number of esters is 1. The molecule has 0 bridgehead atoms. The van der Waals surface area contributed by atoms with Crippen LogP contribution < -0.4 is 0 Å². The van der Waals surface area contributed by atoms with Crippen LogP contribution in [-0.4, -0.2) is 62.8 Å². The summed E-state index contributed by atoms with van der Waals surface area (Å²) in [6.07, 6.45) is -0.321. The number of rotatable bonds is 6. The van der Waals surface area contributed by atoms with E-state index in [9.17, 15) is 19.5 Å². The van der Waals surface area contributed by atoms with Gasteiger partial charge in [-0.05, 0) is 51.5 Å². The molecule has 33 heavy (non-hydrogen) atoms. The van der Waals surface area contributed by atoms with E-state index in [4.69, 9.17) is 9.47 Å². The molecule has 1 spiro atoms. The number of ether oxygens (including phenoxy) is 2. The standard InChI is InChI=1S/C25H36N2O6/c1-17(2)14-19(21(29)32-16-18-10-7-6-8-11-18)27-20(28)15-25(22(27)30)12-9-13-26(25)23(31)33-24(3,4)5/h6-8,10-11,17,19-20,28H,9,12-16H2,1-5H3/t19-,20?,25-/m1/s1. The molecule has 8 nitrogen and oxygen atoms in total. The molecule has 2 heterocycles. The molecule has 0 radical (unpaired) electrons. The van der Waals surface area contributed by atoms with Gasteiger partial charge in [0.05, 0.1) is 0 Å². The summed E-state index contributed by atoms with van der Waals surface area (Å²) >= 11 is 0. The molecule has 2 amide bonds. The highest BCUT2D eigenvalue weighted by Gasteiger charge is 2.61. The summed E-state index contributed by atoms with van der Waals surface area (Å²) in [4.78, 5) is 42.4. The Morgan fingerprint density at radius 2 is 1.88 bits per heavy atom. The quantitative estimate of drug-likeness (QED) is 0.653. The zero-order valence-electron chi connectivity index (χ0n) is 20.2.